The van der Waals surface area contributed by atoms with Crippen LogP contribution in [0.4, 0.5) is 5.00 Å². The van der Waals surface area contributed by atoms with Gasteiger partial charge in [0.15, 0.2) is 0 Å². The van der Waals surface area contributed by atoms with Gasteiger partial charge in [-0.1, -0.05) is 11.4 Å². The van der Waals surface area contributed by atoms with Crippen molar-refractivity contribution < 1.29 is 9.47 Å². The van der Waals surface area contributed by atoms with Crippen LogP contribution in [0.25, 0.3) is 0 Å². The minimum Gasteiger partial charge on any atom is -0.494 e. The van der Waals surface area contributed by atoms with E-state index >= 15 is 0 Å². The largest absolute Gasteiger partial charge is 0.494 e. The van der Waals surface area contributed by atoms with Gasteiger partial charge in [0, 0.05) is 18.1 Å². The van der Waals surface area contributed by atoms with Gasteiger partial charge >= 0.3 is 0 Å². The average molecular weight is 293 g/mol. The summed E-state index contributed by atoms with van der Waals surface area (Å²) in [6, 6.07) is 7.58. The first-order chi connectivity index (χ1) is 9.83. The Kier molecular flexibility index (Phi) is 5.61. The highest BCUT2D eigenvalue weighted by Gasteiger charge is 2.08. The van der Waals surface area contributed by atoms with Gasteiger partial charge in [0.1, 0.15) is 28.8 Å². The van der Waals surface area contributed by atoms with Crippen molar-refractivity contribution in [2.45, 2.75) is 26.9 Å². The van der Waals surface area contributed by atoms with Crippen LogP contribution in [0.15, 0.2) is 24.3 Å². The fraction of sp³-hybridized carbons (Fsp3) is 0.429. The van der Waals surface area contributed by atoms with Crippen molar-refractivity contribution in [2.24, 2.45) is 0 Å². The van der Waals surface area contributed by atoms with E-state index in [0.29, 0.717) is 13.2 Å². The van der Waals surface area contributed by atoms with Crippen molar-refractivity contribution in [3.63, 3.8) is 0 Å². The highest BCUT2D eigenvalue weighted by Crippen LogP contribution is 2.22. The molecule has 0 aliphatic carbocycles. The molecule has 0 aliphatic rings. The van der Waals surface area contributed by atoms with E-state index < -0.39 is 0 Å². The second-order valence-corrected chi connectivity index (χ2v) is 4.92. The zero-order valence-electron chi connectivity index (χ0n) is 11.8. The van der Waals surface area contributed by atoms with E-state index in [1.54, 1.807) is 0 Å². The zero-order chi connectivity index (χ0) is 14.2. The van der Waals surface area contributed by atoms with Crippen LogP contribution >= 0.6 is 11.5 Å². The molecule has 5 nitrogen and oxygen atoms in total. The molecule has 0 spiro atoms. The monoisotopic (exact) mass is 293 g/mol. The number of anilines is 1. The van der Waals surface area contributed by atoms with Crippen molar-refractivity contribution in [3.05, 3.63) is 30.0 Å². The number of nitrogens with one attached hydrogen (secondary N) is 1. The summed E-state index contributed by atoms with van der Waals surface area (Å²) in [7, 11) is 0. The maximum atomic E-state index is 5.71. The molecule has 2 rings (SSSR count). The standard InChI is InChI=1S/C14H19N3O2S/c1-3-9-15-14-13(16-17-20-14)10-19-12-7-5-11(6-8-12)18-4-2/h5-8,15H,3-4,9-10H2,1-2H3. The lowest BCUT2D eigenvalue weighted by Gasteiger charge is -2.07. The van der Waals surface area contributed by atoms with E-state index in [1.807, 2.05) is 31.2 Å². The van der Waals surface area contributed by atoms with Gasteiger partial charge in [-0.2, -0.15) is 0 Å². The minimum absolute atomic E-state index is 0.413. The summed E-state index contributed by atoms with van der Waals surface area (Å²) in [6.45, 7) is 6.08. The summed E-state index contributed by atoms with van der Waals surface area (Å²) in [4.78, 5) is 0. The summed E-state index contributed by atoms with van der Waals surface area (Å²) >= 11 is 1.36. The van der Waals surface area contributed by atoms with Crippen LogP contribution in [0.1, 0.15) is 26.0 Å². The van der Waals surface area contributed by atoms with Gasteiger partial charge in [-0.25, -0.2) is 0 Å². The summed E-state index contributed by atoms with van der Waals surface area (Å²) in [5.41, 5.74) is 0.845. The summed E-state index contributed by atoms with van der Waals surface area (Å²) in [5, 5.41) is 8.37. The lowest BCUT2D eigenvalue weighted by atomic mass is 10.3. The molecule has 0 saturated carbocycles. The molecule has 1 N–H and O–H groups in total. The molecular weight excluding hydrogens is 274 g/mol. The molecule has 0 atom stereocenters. The number of hydrogen-bond donors (Lipinski definition) is 1. The third kappa shape index (κ3) is 4.09. The smallest absolute Gasteiger partial charge is 0.136 e. The van der Waals surface area contributed by atoms with E-state index in [9.17, 15) is 0 Å². The molecule has 1 heterocycles. The molecule has 2 aromatic rings. The molecule has 1 aromatic heterocycles. The highest BCUT2D eigenvalue weighted by atomic mass is 32.1. The number of hydrogen-bond acceptors (Lipinski definition) is 6. The van der Waals surface area contributed by atoms with Gasteiger partial charge in [-0.15, -0.1) is 5.10 Å². The maximum Gasteiger partial charge on any atom is 0.136 e. The van der Waals surface area contributed by atoms with Crippen molar-refractivity contribution in [3.8, 4) is 11.5 Å². The van der Waals surface area contributed by atoms with Crippen LogP contribution < -0.4 is 14.8 Å². The van der Waals surface area contributed by atoms with Gasteiger partial charge < -0.3 is 14.8 Å². The fourth-order valence-electron chi connectivity index (χ4n) is 1.63. The van der Waals surface area contributed by atoms with E-state index in [2.05, 4.69) is 21.8 Å². The van der Waals surface area contributed by atoms with Gasteiger partial charge in [0.25, 0.3) is 0 Å². The average Bonchev–Trinajstić information content (AvgIpc) is 2.92. The van der Waals surface area contributed by atoms with Crippen LogP contribution in [0.2, 0.25) is 0 Å². The van der Waals surface area contributed by atoms with Crippen molar-refractivity contribution in [1.29, 1.82) is 0 Å². The van der Waals surface area contributed by atoms with Crippen molar-refractivity contribution in [1.82, 2.24) is 9.59 Å². The molecule has 1 aromatic carbocycles. The van der Waals surface area contributed by atoms with Crippen LogP contribution in [0, 0.1) is 0 Å². The Balaban J connectivity index is 1.89. The topological polar surface area (TPSA) is 56.3 Å². The Morgan fingerprint density at radius 3 is 2.45 bits per heavy atom. The number of nitrogens with zero attached hydrogens (tertiary/aromatic N) is 2. The first-order valence-electron chi connectivity index (χ1n) is 6.74. The Hall–Kier alpha value is -1.82. The zero-order valence-corrected chi connectivity index (χ0v) is 12.6. The van der Waals surface area contributed by atoms with Crippen molar-refractivity contribution >= 4 is 16.5 Å². The minimum atomic E-state index is 0.413. The number of ether oxygens (including phenoxy) is 2. The van der Waals surface area contributed by atoms with Crippen LogP contribution in [-0.2, 0) is 6.61 Å². The lowest BCUT2D eigenvalue weighted by Crippen LogP contribution is -2.03. The third-order valence-corrected chi connectivity index (χ3v) is 3.33. The summed E-state index contributed by atoms with van der Waals surface area (Å²) in [6.07, 6.45) is 1.07. The molecule has 0 fully saturated rings. The fourth-order valence-corrected chi connectivity index (χ4v) is 2.22. The first-order valence-corrected chi connectivity index (χ1v) is 7.51. The Bertz CT molecular complexity index is 513. The predicted octanol–water partition coefficient (Wildman–Crippen LogP) is 3.34. The van der Waals surface area contributed by atoms with E-state index in [0.717, 1.165) is 35.2 Å². The molecule has 0 saturated heterocycles. The molecule has 108 valence electrons. The number of benzene rings is 1. The molecule has 6 heteroatoms. The van der Waals surface area contributed by atoms with E-state index in [1.165, 1.54) is 11.5 Å². The van der Waals surface area contributed by atoms with E-state index in [4.69, 9.17) is 9.47 Å². The molecule has 0 aliphatic heterocycles. The van der Waals surface area contributed by atoms with Crippen LogP contribution in [0.5, 0.6) is 11.5 Å². The van der Waals surface area contributed by atoms with Gasteiger partial charge in [0.2, 0.25) is 0 Å². The molecule has 0 bridgehead atoms. The van der Waals surface area contributed by atoms with Crippen molar-refractivity contribution in [2.75, 3.05) is 18.5 Å². The third-order valence-electron chi connectivity index (χ3n) is 2.60. The normalized spacial score (nSPS) is 10.3. The maximum absolute atomic E-state index is 5.71. The predicted molar refractivity (Wildman–Crippen MR) is 80.6 cm³/mol. The Morgan fingerprint density at radius 1 is 1.10 bits per heavy atom. The SMILES string of the molecule is CCCNc1snnc1COc1ccc(OCC)cc1. The summed E-state index contributed by atoms with van der Waals surface area (Å²) in [5.74, 6) is 1.64. The van der Waals surface area contributed by atoms with Gasteiger partial charge in [0.05, 0.1) is 6.61 Å². The number of rotatable bonds is 8. The van der Waals surface area contributed by atoms with Gasteiger partial charge in [-0.05, 0) is 37.6 Å². The summed E-state index contributed by atoms with van der Waals surface area (Å²) < 4.78 is 15.1. The van der Waals surface area contributed by atoms with E-state index in [-0.39, 0.29) is 0 Å². The molecule has 0 radical (unpaired) electrons. The molecule has 0 amide bonds. The van der Waals surface area contributed by atoms with Crippen LogP contribution in [-0.4, -0.2) is 22.7 Å². The molecule has 20 heavy (non-hydrogen) atoms. The Morgan fingerprint density at radius 2 is 1.80 bits per heavy atom. The highest BCUT2D eigenvalue weighted by molar-refractivity contribution is 7.10. The quantitative estimate of drug-likeness (QED) is 0.809. The van der Waals surface area contributed by atoms with Gasteiger partial charge in [-0.3, -0.25) is 0 Å². The second-order valence-electron chi connectivity index (χ2n) is 4.17. The first kappa shape index (κ1) is 14.6. The second kappa shape index (κ2) is 7.69. The molecule has 0 unspecified atom stereocenters. The number of aromatic nitrogens is 2. The van der Waals surface area contributed by atoms with Crippen LogP contribution in [0.3, 0.4) is 0 Å². The molecular formula is C14H19N3O2S. The lowest BCUT2D eigenvalue weighted by molar-refractivity contribution is 0.299. The Labute approximate surface area is 123 Å².